The molecule has 0 bridgehead atoms. The number of thioether (sulfide) groups is 1. The van der Waals surface area contributed by atoms with Crippen LogP contribution in [0.5, 0.6) is 0 Å². The van der Waals surface area contributed by atoms with Gasteiger partial charge in [0.25, 0.3) is 0 Å². The van der Waals surface area contributed by atoms with E-state index in [0.29, 0.717) is 5.52 Å². The number of carbonyl (C=O) groups is 1. The van der Waals surface area contributed by atoms with E-state index < -0.39 is 29.4 Å². The first-order valence-corrected chi connectivity index (χ1v) is 14.5. The van der Waals surface area contributed by atoms with Gasteiger partial charge in [0.2, 0.25) is 5.91 Å². The maximum Gasteiger partial charge on any atom is 0.417 e. The van der Waals surface area contributed by atoms with Crippen molar-refractivity contribution in [1.29, 1.82) is 0 Å². The largest absolute Gasteiger partial charge is 0.417 e. The van der Waals surface area contributed by atoms with Gasteiger partial charge in [-0.15, -0.1) is 11.8 Å². The molecule has 0 saturated carbocycles. The number of hydrogen-bond acceptors (Lipinski definition) is 7. The number of alkyl halides is 3. The molecule has 224 valence electrons. The smallest absolute Gasteiger partial charge is 0.374 e. The van der Waals surface area contributed by atoms with Crippen LogP contribution in [0.4, 0.5) is 23.4 Å². The first-order valence-electron chi connectivity index (χ1n) is 13.5. The lowest BCUT2D eigenvalue weighted by molar-refractivity contribution is -0.137. The number of anilines is 1. The summed E-state index contributed by atoms with van der Waals surface area (Å²) >= 11 is 1.16. The van der Waals surface area contributed by atoms with Gasteiger partial charge in [-0.3, -0.25) is 9.36 Å². The van der Waals surface area contributed by atoms with Crippen LogP contribution in [0.15, 0.2) is 52.7 Å². The van der Waals surface area contributed by atoms with Crippen LogP contribution in [0.1, 0.15) is 19.4 Å². The highest BCUT2D eigenvalue weighted by Gasteiger charge is 2.39. The van der Waals surface area contributed by atoms with E-state index in [1.165, 1.54) is 22.8 Å². The molecule has 1 saturated heterocycles. The average molecular weight is 606 g/mol. The second kappa shape index (κ2) is 11.7. The van der Waals surface area contributed by atoms with E-state index in [0.717, 1.165) is 30.0 Å². The van der Waals surface area contributed by atoms with Crippen LogP contribution in [-0.4, -0.2) is 70.5 Å². The van der Waals surface area contributed by atoms with Crippen LogP contribution >= 0.6 is 11.8 Å². The highest BCUT2D eigenvalue weighted by atomic mass is 32.2. The minimum atomic E-state index is -4.77. The van der Waals surface area contributed by atoms with Crippen molar-refractivity contribution in [3.05, 3.63) is 64.9 Å². The molecule has 1 aromatic heterocycles. The van der Waals surface area contributed by atoms with Crippen LogP contribution in [0.25, 0.3) is 22.0 Å². The number of carbonyl (C=O) groups excluding carboxylic acids is 1. The molecule has 0 radical (unpaired) electrons. The van der Waals surface area contributed by atoms with E-state index in [-0.39, 0.29) is 83.8 Å². The Morgan fingerprint density at radius 1 is 1.19 bits per heavy atom. The van der Waals surface area contributed by atoms with Gasteiger partial charge in [-0.1, -0.05) is 18.7 Å². The van der Waals surface area contributed by atoms with Crippen LogP contribution in [0.3, 0.4) is 0 Å². The fourth-order valence-electron chi connectivity index (χ4n) is 5.87. The number of piperazine rings is 1. The third-order valence-corrected chi connectivity index (χ3v) is 8.78. The van der Waals surface area contributed by atoms with Crippen molar-refractivity contribution in [2.45, 2.75) is 49.7 Å². The van der Waals surface area contributed by atoms with Crippen molar-refractivity contribution in [1.82, 2.24) is 14.5 Å². The van der Waals surface area contributed by atoms with Crippen LogP contribution in [-0.2, 0) is 22.3 Å². The Kier molecular flexibility index (Phi) is 8.37. The number of aromatic nitrogens is 2. The summed E-state index contributed by atoms with van der Waals surface area (Å²) in [5, 5.41) is 0.164. The molecule has 2 N–H and O–H groups in total. The Morgan fingerprint density at radius 3 is 2.45 bits per heavy atom. The first kappa shape index (κ1) is 30.1. The Hall–Kier alpha value is -3.42. The van der Waals surface area contributed by atoms with Gasteiger partial charge in [0.05, 0.1) is 30.3 Å². The Labute approximate surface area is 244 Å². The lowest BCUT2D eigenvalue weighted by atomic mass is 9.96. The molecular formula is C29H31F4N5O3S. The van der Waals surface area contributed by atoms with E-state index in [9.17, 15) is 27.2 Å². The molecule has 0 aliphatic carbocycles. The van der Waals surface area contributed by atoms with Gasteiger partial charge in [0.15, 0.2) is 0 Å². The number of ether oxygens (including phenoxy) is 1. The number of benzene rings is 2. The van der Waals surface area contributed by atoms with Crippen molar-refractivity contribution in [3.63, 3.8) is 0 Å². The summed E-state index contributed by atoms with van der Waals surface area (Å²) in [7, 11) is 0. The van der Waals surface area contributed by atoms with Gasteiger partial charge in [-0.05, 0) is 43.7 Å². The third kappa shape index (κ3) is 5.52. The summed E-state index contributed by atoms with van der Waals surface area (Å²) < 4.78 is 65.4. The molecular weight excluding hydrogens is 574 g/mol. The van der Waals surface area contributed by atoms with Gasteiger partial charge < -0.3 is 20.3 Å². The summed E-state index contributed by atoms with van der Waals surface area (Å²) in [6.07, 6.45) is -4.06. The summed E-state index contributed by atoms with van der Waals surface area (Å²) in [6.45, 7) is 8.26. The molecule has 8 nitrogen and oxygen atoms in total. The predicted molar refractivity (Wildman–Crippen MR) is 154 cm³/mol. The van der Waals surface area contributed by atoms with Crippen LogP contribution in [0, 0.1) is 5.82 Å². The Morgan fingerprint density at radius 2 is 1.86 bits per heavy atom. The van der Waals surface area contributed by atoms with Crippen LogP contribution in [0.2, 0.25) is 0 Å². The number of amides is 1. The molecule has 0 spiro atoms. The van der Waals surface area contributed by atoms with Crippen molar-refractivity contribution in [2.24, 2.45) is 5.73 Å². The quantitative estimate of drug-likeness (QED) is 0.331. The molecule has 1 amide bonds. The highest BCUT2D eigenvalue weighted by Crippen LogP contribution is 2.48. The fraction of sp³-hybridized carbons (Fsp3) is 0.414. The zero-order valence-electron chi connectivity index (χ0n) is 23.2. The lowest BCUT2D eigenvalue weighted by Crippen LogP contribution is -2.58. The summed E-state index contributed by atoms with van der Waals surface area (Å²) in [4.78, 5) is 34.1. The van der Waals surface area contributed by atoms with Crippen LogP contribution < -0.4 is 16.3 Å². The van der Waals surface area contributed by atoms with Gasteiger partial charge in [0.1, 0.15) is 11.6 Å². The summed E-state index contributed by atoms with van der Waals surface area (Å²) in [5.74, 6) is -0.450. The van der Waals surface area contributed by atoms with E-state index in [1.54, 1.807) is 9.80 Å². The molecule has 2 aromatic carbocycles. The molecule has 5 rings (SSSR count). The minimum absolute atomic E-state index is 0.0747. The van der Waals surface area contributed by atoms with E-state index in [4.69, 9.17) is 10.5 Å². The Balaban J connectivity index is 1.79. The predicted octanol–water partition coefficient (Wildman–Crippen LogP) is 4.28. The minimum Gasteiger partial charge on any atom is -0.374 e. The van der Waals surface area contributed by atoms with E-state index >= 15 is 0 Å². The normalized spacial score (nSPS) is 21.0. The zero-order chi connectivity index (χ0) is 30.3. The average Bonchev–Trinajstić information content (AvgIpc) is 3.13. The van der Waals surface area contributed by atoms with Gasteiger partial charge >= 0.3 is 11.9 Å². The number of hydrogen-bond donors (Lipinski definition) is 1. The SMILES string of the molecule is C=CC(=O)N1C(C)CN(c2nc(=O)n3c4c(c(-c5ccc(F)cc5)c(C(F)(F)F)cc24)SCC(OCCN)C3)CC1C. The first-order chi connectivity index (χ1) is 19.9. The van der Waals surface area contributed by atoms with E-state index in [2.05, 4.69) is 11.6 Å². The number of rotatable bonds is 6. The number of nitrogens with two attached hydrogens (primary N) is 1. The monoisotopic (exact) mass is 605 g/mol. The fourth-order valence-corrected chi connectivity index (χ4v) is 7.16. The van der Waals surface area contributed by atoms with Crippen molar-refractivity contribution in [3.8, 4) is 11.1 Å². The maximum absolute atomic E-state index is 14.8. The lowest BCUT2D eigenvalue weighted by Gasteiger charge is -2.44. The van der Waals surface area contributed by atoms with Crippen molar-refractivity contribution >= 4 is 34.4 Å². The Bertz CT molecular complexity index is 1560. The molecule has 3 atom stereocenters. The second-order valence-corrected chi connectivity index (χ2v) is 11.5. The standard InChI is InChI=1S/C29H31F4N5O3S/c1-4-23(39)38-16(2)12-36(13-17(38)3)27-21-11-22(29(31,32)33)24(18-5-7-19(30)8-6-18)26-25(21)37(28(40)35-27)14-20(15-42-26)41-10-9-34/h4-8,11,16-17,20H,1,9-10,12-15,34H2,2-3H3. The molecule has 3 heterocycles. The molecule has 1 fully saturated rings. The van der Waals surface area contributed by atoms with Gasteiger partial charge in [-0.25, -0.2) is 9.18 Å². The second-order valence-electron chi connectivity index (χ2n) is 10.5. The van der Waals surface area contributed by atoms with Crippen molar-refractivity contribution in [2.75, 3.05) is 36.9 Å². The molecule has 3 aromatic rings. The zero-order valence-corrected chi connectivity index (χ0v) is 24.0. The molecule has 3 unspecified atom stereocenters. The maximum atomic E-state index is 14.8. The van der Waals surface area contributed by atoms with Gasteiger partial charge in [0, 0.05) is 53.3 Å². The number of nitrogens with zero attached hydrogens (tertiary/aromatic N) is 4. The summed E-state index contributed by atoms with van der Waals surface area (Å²) in [5.41, 5.74) is 4.42. The molecule has 42 heavy (non-hydrogen) atoms. The highest BCUT2D eigenvalue weighted by molar-refractivity contribution is 7.99. The number of halogens is 4. The topological polar surface area (TPSA) is 93.7 Å². The van der Waals surface area contributed by atoms with Crippen molar-refractivity contribution < 1.29 is 27.1 Å². The van der Waals surface area contributed by atoms with E-state index in [1.807, 2.05) is 13.8 Å². The molecule has 2 aliphatic rings. The third-order valence-electron chi connectivity index (χ3n) is 7.56. The van der Waals surface area contributed by atoms with Gasteiger partial charge in [-0.2, -0.15) is 18.2 Å². The molecule has 13 heteroatoms. The molecule has 2 aliphatic heterocycles. The summed E-state index contributed by atoms with van der Waals surface area (Å²) in [6, 6.07) is 5.22.